The molecule has 1 aromatic heterocycles. The van der Waals surface area contributed by atoms with E-state index in [1.54, 1.807) is 6.92 Å². The second-order valence-electron chi connectivity index (χ2n) is 4.50. The second kappa shape index (κ2) is 9.03. The zero-order valence-electron chi connectivity index (χ0n) is 12.9. The molecular formula is C13H18N2O8S. The van der Waals surface area contributed by atoms with Crippen LogP contribution in [-0.2, 0) is 29.1 Å². The molecule has 0 aliphatic rings. The van der Waals surface area contributed by atoms with E-state index in [-0.39, 0.29) is 18.9 Å². The Morgan fingerprint density at radius 1 is 1.25 bits per heavy atom. The first-order valence-corrected chi connectivity index (χ1v) is 8.50. The zero-order chi connectivity index (χ0) is 18.2. The summed E-state index contributed by atoms with van der Waals surface area (Å²) in [6, 6.07) is 2.07. The van der Waals surface area contributed by atoms with Crippen LogP contribution in [0.2, 0.25) is 0 Å². The maximum atomic E-state index is 11.6. The normalized spacial score (nSPS) is 10.9. The minimum absolute atomic E-state index is 0.163. The van der Waals surface area contributed by atoms with E-state index in [0.29, 0.717) is 13.0 Å². The summed E-state index contributed by atoms with van der Waals surface area (Å²) >= 11 is 0. The number of amides is 1. The van der Waals surface area contributed by atoms with Crippen molar-refractivity contribution in [3.05, 3.63) is 17.9 Å². The number of hydrogen-bond donors (Lipinski definition) is 2. The first-order valence-electron chi connectivity index (χ1n) is 6.96. The molecule has 0 radical (unpaired) electrons. The van der Waals surface area contributed by atoms with Crippen LogP contribution in [0, 0.1) is 0 Å². The van der Waals surface area contributed by atoms with Gasteiger partial charge in [-0.25, -0.2) is 18.4 Å². The SMILES string of the molecule is CCOC(=O)CCCNC(=O)COC(=O)c1ccc(S(N)(=O)=O)o1. The number of primary sulfonamides is 1. The molecule has 0 spiro atoms. The lowest BCUT2D eigenvalue weighted by Gasteiger charge is -2.05. The van der Waals surface area contributed by atoms with E-state index in [9.17, 15) is 22.8 Å². The fourth-order valence-electron chi connectivity index (χ4n) is 1.53. The van der Waals surface area contributed by atoms with E-state index in [1.165, 1.54) is 0 Å². The molecule has 134 valence electrons. The summed E-state index contributed by atoms with van der Waals surface area (Å²) < 4.78 is 36.1. The van der Waals surface area contributed by atoms with Crippen molar-refractivity contribution < 1.29 is 36.7 Å². The second-order valence-corrected chi connectivity index (χ2v) is 5.99. The summed E-state index contributed by atoms with van der Waals surface area (Å²) in [7, 11) is -4.06. The first kappa shape index (κ1) is 19.6. The Labute approximate surface area is 138 Å². The molecule has 0 aromatic carbocycles. The minimum Gasteiger partial charge on any atom is -0.466 e. The summed E-state index contributed by atoms with van der Waals surface area (Å²) in [6.07, 6.45) is 0.547. The smallest absolute Gasteiger partial charge is 0.374 e. The predicted octanol–water partition coefficient (Wildman–Crippen LogP) is -0.457. The van der Waals surface area contributed by atoms with Gasteiger partial charge in [-0.1, -0.05) is 0 Å². The Balaban J connectivity index is 2.30. The molecule has 1 aromatic rings. The fraction of sp³-hybridized carbons (Fsp3) is 0.462. The maximum absolute atomic E-state index is 11.6. The number of nitrogens with one attached hydrogen (secondary N) is 1. The van der Waals surface area contributed by atoms with E-state index >= 15 is 0 Å². The molecule has 0 saturated heterocycles. The van der Waals surface area contributed by atoms with Gasteiger partial charge in [0.25, 0.3) is 15.9 Å². The lowest BCUT2D eigenvalue weighted by Crippen LogP contribution is -2.29. The van der Waals surface area contributed by atoms with Gasteiger partial charge in [-0.2, -0.15) is 0 Å². The third kappa shape index (κ3) is 6.79. The van der Waals surface area contributed by atoms with Crippen LogP contribution < -0.4 is 10.5 Å². The summed E-state index contributed by atoms with van der Waals surface area (Å²) in [6.45, 7) is 1.62. The number of ether oxygens (including phenoxy) is 2. The number of esters is 2. The van der Waals surface area contributed by atoms with Gasteiger partial charge in [-0.05, 0) is 25.5 Å². The molecular weight excluding hydrogens is 344 g/mol. The Morgan fingerprint density at radius 2 is 1.96 bits per heavy atom. The van der Waals surface area contributed by atoms with Gasteiger partial charge in [0.2, 0.25) is 10.9 Å². The van der Waals surface area contributed by atoms with E-state index in [1.807, 2.05) is 0 Å². The van der Waals surface area contributed by atoms with Gasteiger partial charge in [0.15, 0.2) is 6.61 Å². The third-order valence-corrected chi connectivity index (χ3v) is 3.36. The molecule has 0 saturated carbocycles. The molecule has 24 heavy (non-hydrogen) atoms. The van der Waals surface area contributed by atoms with Crippen LogP contribution in [-0.4, -0.2) is 46.0 Å². The van der Waals surface area contributed by atoms with Crippen molar-refractivity contribution in [2.45, 2.75) is 24.9 Å². The molecule has 3 N–H and O–H groups in total. The van der Waals surface area contributed by atoms with E-state index in [2.05, 4.69) is 10.1 Å². The molecule has 10 nitrogen and oxygen atoms in total. The largest absolute Gasteiger partial charge is 0.466 e. The first-order chi connectivity index (χ1) is 11.2. The van der Waals surface area contributed by atoms with Crippen LogP contribution in [0.3, 0.4) is 0 Å². The van der Waals surface area contributed by atoms with Crippen LogP contribution >= 0.6 is 0 Å². The highest BCUT2D eigenvalue weighted by Crippen LogP contribution is 2.12. The summed E-state index contributed by atoms with van der Waals surface area (Å²) in [4.78, 5) is 34.1. The Morgan fingerprint density at radius 3 is 2.54 bits per heavy atom. The van der Waals surface area contributed by atoms with Crippen LogP contribution in [0.4, 0.5) is 0 Å². The zero-order valence-corrected chi connectivity index (χ0v) is 13.8. The lowest BCUT2D eigenvalue weighted by atomic mass is 10.3. The highest BCUT2D eigenvalue weighted by atomic mass is 32.2. The van der Waals surface area contributed by atoms with Gasteiger partial charge in [0.05, 0.1) is 6.61 Å². The van der Waals surface area contributed by atoms with Crippen molar-refractivity contribution in [1.29, 1.82) is 0 Å². The lowest BCUT2D eigenvalue weighted by molar-refractivity contribution is -0.143. The molecule has 0 fully saturated rings. The van der Waals surface area contributed by atoms with Gasteiger partial charge in [-0.3, -0.25) is 9.59 Å². The van der Waals surface area contributed by atoms with Crippen LogP contribution in [0.15, 0.2) is 21.6 Å². The Hall–Kier alpha value is -2.40. The standard InChI is InChI=1S/C13H18N2O8S/c1-2-21-11(17)4-3-7-15-10(16)8-22-13(18)9-5-6-12(23-9)24(14,19)20/h5-6H,2-4,7-8H2,1H3,(H,15,16)(H2,14,19,20). The quantitative estimate of drug-likeness (QED) is 0.442. The van der Waals surface area contributed by atoms with Crippen LogP contribution in [0.5, 0.6) is 0 Å². The van der Waals surface area contributed by atoms with Gasteiger partial charge in [0.1, 0.15) is 0 Å². The van der Waals surface area contributed by atoms with Crippen LogP contribution in [0.25, 0.3) is 0 Å². The molecule has 0 bridgehead atoms. The van der Waals surface area contributed by atoms with E-state index in [0.717, 1.165) is 12.1 Å². The van der Waals surface area contributed by atoms with Crippen molar-refractivity contribution in [2.24, 2.45) is 5.14 Å². The summed E-state index contributed by atoms with van der Waals surface area (Å²) in [5.74, 6) is -2.34. The Kier molecular flexibility index (Phi) is 7.39. The summed E-state index contributed by atoms with van der Waals surface area (Å²) in [5.41, 5.74) is 0. The number of hydrogen-bond acceptors (Lipinski definition) is 8. The number of carbonyl (C=O) groups excluding carboxylic acids is 3. The van der Waals surface area contributed by atoms with Crippen molar-refractivity contribution in [3.8, 4) is 0 Å². The van der Waals surface area contributed by atoms with Gasteiger partial charge in [-0.15, -0.1) is 0 Å². The summed E-state index contributed by atoms with van der Waals surface area (Å²) in [5, 5.41) is 6.69. The molecule has 0 aliphatic carbocycles. The molecule has 11 heteroatoms. The van der Waals surface area contributed by atoms with Gasteiger partial charge < -0.3 is 19.2 Å². The van der Waals surface area contributed by atoms with Crippen molar-refractivity contribution in [3.63, 3.8) is 0 Å². The number of furan rings is 1. The van der Waals surface area contributed by atoms with Gasteiger partial charge in [0, 0.05) is 13.0 Å². The Bertz CT molecular complexity index is 695. The third-order valence-electron chi connectivity index (χ3n) is 2.58. The number of nitrogens with two attached hydrogens (primary N) is 1. The molecule has 1 rings (SSSR count). The van der Waals surface area contributed by atoms with E-state index < -0.39 is 39.4 Å². The molecule has 1 heterocycles. The van der Waals surface area contributed by atoms with Crippen molar-refractivity contribution >= 4 is 27.9 Å². The van der Waals surface area contributed by atoms with Crippen molar-refractivity contribution in [2.75, 3.05) is 19.8 Å². The number of rotatable bonds is 9. The highest BCUT2D eigenvalue weighted by molar-refractivity contribution is 7.89. The molecule has 1 amide bonds. The fourth-order valence-corrected chi connectivity index (χ4v) is 1.99. The van der Waals surface area contributed by atoms with Crippen molar-refractivity contribution in [1.82, 2.24) is 5.32 Å². The number of sulfonamides is 1. The minimum atomic E-state index is -4.06. The predicted molar refractivity (Wildman–Crippen MR) is 79.2 cm³/mol. The maximum Gasteiger partial charge on any atom is 0.374 e. The highest BCUT2D eigenvalue weighted by Gasteiger charge is 2.19. The van der Waals surface area contributed by atoms with Crippen LogP contribution in [0.1, 0.15) is 30.3 Å². The average Bonchev–Trinajstić information content (AvgIpc) is 2.99. The average molecular weight is 362 g/mol. The van der Waals surface area contributed by atoms with E-state index in [4.69, 9.17) is 14.3 Å². The number of carbonyl (C=O) groups is 3. The molecule has 0 unspecified atom stereocenters. The monoisotopic (exact) mass is 362 g/mol. The molecule has 0 atom stereocenters. The topological polar surface area (TPSA) is 155 Å². The van der Waals surface area contributed by atoms with Gasteiger partial charge >= 0.3 is 11.9 Å². The molecule has 0 aliphatic heterocycles.